The maximum absolute atomic E-state index is 11.3. The molecule has 0 aliphatic heterocycles. The first-order chi connectivity index (χ1) is 17.9. The Labute approximate surface area is 233 Å². The summed E-state index contributed by atoms with van der Waals surface area (Å²) >= 11 is 2.94. The molecule has 0 radical (unpaired) electrons. The normalized spacial score (nSPS) is 11.2. The van der Waals surface area contributed by atoms with Crippen LogP contribution < -0.4 is 9.46 Å². The molecule has 206 valence electrons. The molecule has 0 spiro atoms. The third-order valence-electron chi connectivity index (χ3n) is 4.46. The number of para-hydroxylation sites is 2. The van der Waals surface area contributed by atoms with Crippen molar-refractivity contribution in [2.75, 3.05) is 6.26 Å². The maximum atomic E-state index is 11.3. The number of furan rings is 1. The molecule has 0 unspecified atom stereocenters. The van der Waals surface area contributed by atoms with Gasteiger partial charge in [-0.15, -0.1) is 11.3 Å². The maximum Gasteiger partial charge on any atom is 0.274 e. The zero-order valence-corrected chi connectivity index (χ0v) is 25.1. The lowest BCUT2D eigenvalue weighted by Gasteiger charge is -2.12. The first-order valence-electron chi connectivity index (χ1n) is 12.1. The fourth-order valence-corrected chi connectivity index (χ4v) is 5.24. The van der Waals surface area contributed by atoms with Gasteiger partial charge in [-0.3, -0.25) is 4.79 Å². The van der Waals surface area contributed by atoms with Gasteiger partial charge >= 0.3 is 0 Å². The topological polar surface area (TPSA) is 111 Å². The molecule has 3 aromatic heterocycles. The molecule has 4 aromatic rings. The number of nitrogens with one attached hydrogen (secondary N) is 1. The molecule has 1 aromatic carbocycles. The van der Waals surface area contributed by atoms with E-state index in [1.807, 2.05) is 75.7 Å². The monoisotopic (exact) mass is 577 g/mol. The number of ether oxygens (including phenoxy) is 1. The molecule has 0 fully saturated rings. The highest BCUT2D eigenvalue weighted by Crippen LogP contribution is 2.32. The standard InChI is InChI=1S/C15H14N2OS.C7H11NO3S.C5H10OS/c1-10(2)18-15-14(13-8-5-9-19-13)16-11-6-3-4-7-12(11)17-15;1-6(2)8-12(9,10)7-4-3-5-11-7;1-4(2)5(6)7-3/h3-10H,1-2H3;3-6,8H,1-2H3;4H,1-3H3. The van der Waals surface area contributed by atoms with Crippen LogP contribution in [0, 0.1) is 5.92 Å². The molecule has 1 N–H and O–H groups in total. The van der Waals surface area contributed by atoms with Crippen molar-refractivity contribution < 1.29 is 22.4 Å². The number of hydrogen-bond acceptors (Lipinski definition) is 9. The van der Waals surface area contributed by atoms with Crippen LogP contribution in [0.15, 0.2) is 69.7 Å². The van der Waals surface area contributed by atoms with Crippen molar-refractivity contribution in [3.63, 3.8) is 0 Å². The summed E-state index contributed by atoms with van der Waals surface area (Å²) < 4.78 is 35.6. The van der Waals surface area contributed by atoms with Gasteiger partial charge in [0.05, 0.1) is 28.3 Å². The van der Waals surface area contributed by atoms with E-state index in [2.05, 4.69) is 9.71 Å². The average molecular weight is 578 g/mol. The smallest absolute Gasteiger partial charge is 0.274 e. The van der Waals surface area contributed by atoms with Crippen molar-refractivity contribution in [3.05, 3.63) is 60.2 Å². The van der Waals surface area contributed by atoms with E-state index >= 15 is 0 Å². The molecular weight excluding hydrogens is 543 g/mol. The van der Waals surface area contributed by atoms with E-state index < -0.39 is 10.0 Å². The van der Waals surface area contributed by atoms with Crippen LogP contribution in [0.25, 0.3) is 21.6 Å². The summed E-state index contributed by atoms with van der Waals surface area (Å²) in [5, 5.41) is 2.25. The molecule has 0 saturated heterocycles. The average Bonchev–Trinajstić information content (AvgIpc) is 3.58. The number of hydrogen-bond donors (Lipinski definition) is 1. The molecule has 38 heavy (non-hydrogen) atoms. The quantitative estimate of drug-likeness (QED) is 0.260. The first-order valence-corrected chi connectivity index (χ1v) is 15.6. The van der Waals surface area contributed by atoms with Crippen LogP contribution >= 0.6 is 23.1 Å². The van der Waals surface area contributed by atoms with Gasteiger partial charge in [0.25, 0.3) is 10.0 Å². The zero-order chi connectivity index (χ0) is 28.3. The second-order valence-corrected chi connectivity index (χ2v) is 12.3. The summed E-state index contributed by atoms with van der Waals surface area (Å²) in [7, 11) is -3.43. The minimum atomic E-state index is -3.43. The van der Waals surface area contributed by atoms with Crippen molar-refractivity contribution in [1.29, 1.82) is 0 Å². The van der Waals surface area contributed by atoms with Crippen LogP contribution in [-0.2, 0) is 14.8 Å². The van der Waals surface area contributed by atoms with Gasteiger partial charge in [-0.25, -0.2) is 23.1 Å². The second-order valence-electron chi connectivity index (χ2n) is 8.90. The fourth-order valence-electron chi connectivity index (χ4n) is 2.88. The van der Waals surface area contributed by atoms with Gasteiger partial charge in [-0.05, 0) is 69.7 Å². The van der Waals surface area contributed by atoms with Crippen LogP contribution in [0.2, 0.25) is 0 Å². The largest absolute Gasteiger partial charge is 0.473 e. The van der Waals surface area contributed by atoms with Crippen molar-refractivity contribution in [2.24, 2.45) is 5.92 Å². The lowest BCUT2D eigenvalue weighted by molar-refractivity contribution is -0.113. The Bertz CT molecular complexity index is 1370. The summed E-state index contributed by atoms with van der Waals surface area (Å²) in [6, 6.07) is 14.7. The van der Waals surface area contributed by atoms with E-state index in [9.17, 15) is 13.2 Å². The number of carbonyl (C=O) groups excluding carboxylic acids is 1. The molecule has 0 aliphatic carbocycles. The predicted octanol–water partition coefficient (Wildman–Crippen LogP) is 6.64. The summed E-state index contributed by atoms with van der Waals surface area (Å²) in [6.45, 7) is 11.3. The summed E-state index contributed by atoms with van der Waals surface area (Å²) in [4.78, 5) is 20.8. The number of rotatable bonds is 7. The van der Waals surface area contributed by atoms with E-state index in [0.717, 1.165) is 21.6 Å². The molecule has 11 heteroatoms. The number of sulfonamides is 1. The second kappa shape index (κ2) is 15.0. The van der Waals surface area contributed by atoms with Gasteiger partial charge in [0.2, 0.25) is 11.0 Å². The highest BCUT2D eigenvalue weighted by Gasteiger charge is 2.17. The third-order valence-corrected chi connectivity index (χ3v) is 7.76. The van der Waals surface area contributed by atoms with E-state index in [4.69, 9.17) is 14.1 Å². The summed E-state index contributed by atoms with van der Waals surface area (Å²) in [6.07, 6.45) is 3.21. The number of thiophene rings is 1. The predicted molar refractivity (Wildman–Crippen MR) is 156 cm³/mol. The minimum Gasteiger partial charge on any atom is -0.473 e. The van der Waals surface area contributed by atoms with E-state index in [0.29, 0.717) is 5.88 Å². The van der Waals surface area contributed by atoms with Gasteiger partial charge < -0.3 is 9.15 Å². The lowest BCUT2D eigenvalue weighted by Crippen LogP contribution is -2.29. The molecule has 0 atom stereocenters. The van der Waals surface area contributed by atoms with E-state index in [1.165, 1.54) is 30.2 Å². The molecule has 0 amide bonds. The molecule has 8 nitrogen and oxygen atoms in total. The Balaban J connectivity index is 0.000000229. The van der Waals surface area contributed by atoms with Crippen LogP contribution in [0.5, 0.6) is 5.88 Å². The van der Waals surface area contributed by atoms with Gasteiger partial charge in [0.1, 0.15) is 5.69 Å². The molecular formula is C27H35N3O5S3. The number of nitrogens with zero attached hydrogens (tertiary/aromatic N) is 2. The SMILES string of the molecule is CC(C)NS(=O)(=O)c1ccco1.CC(C)Oc1nc2ccccc2nc1-c1cccs1.CSC(=O)C(C)C. The minimum absolute atomic E-state index is 0.0452. The highest BCUT2D eigenvalue weighted by atomic mass is 32.2. The van der Waals surface area contributed by atoms with E-state index in [-0.39, 0.29) is 28.3 Å². The van der Waals surface area contributed by atoms with Crippen molar-refractivity contribution in [1.82, 2.24) is 14.7 Å². The van der Waals surface area contributed by atoms with Crippen LogP contribution in [0.4, 0.5) is 0 Å². The summed E-state index contributed by atoms with van der Waals surface area (Å²) in [5.41, 5.74) is 2.57. The van der Waals surface area contributed by atoms with Crippen molar-refractivity contribution in [2.45, 2.75) is 58.8 Å². The Hall–Kier alpha value is -2.73. The molecule has 3 heterocycles. The highest BCUT2D eigenvalue weighted by molar-refractivity contribution is 8.13. The molecule has 0 aliphatic rings. The zero-order valence-electron chi connectivity index (χ0n) is 22.7. The first kappa shape index (κ1) is 31.5. The van der Waals surface area contributed by atoms with E-state index in [1.54, 1.807) is 25.2 Å². The number of thioether (sulfide) groups is 1. The molecule has 0 saturated carbocycles. The molecule has 0 bridgehead atoms. The number of carbonyl (C=O) groups is 1. The Morgan fingerprint density at radius 1 is 0.974 bits per heavy atom. The van der Waals surface area contributed by atoms with Gasteiger partial charge in [-0.2, -0.15) is 0 Å². The number of fused-ring (bicyclic) bond motifs is 1. The summed E-state index contributed by atoms with van der Waals surface area (Å²) in [5.74, 6) is 0.797. The number of aromatic nitrogens is 2. The van der Waals surface area contributed by atoms with Crippen molar-refractivity contribution in [3.8, 4) is 16.5 Å². The fraction of sp³-hybridized carbons (Fsp3) is 0.370. The van der Waals surface area contributed by atoms with Gasteiger partial charge in [-0.1, -0.05) is 43.8 Å². The molecule has 4 rings (SSSR count). The Kier molecular flexibility index (Phi) is 12.4. The van der Waals surface area contributed by atoms with Crippen LogP contribution in [0.1, 0.15) is 41.5 Å². The lowest BCUT2D eigenvalue weighted by atomic mass is 10.2. The Morgan fingerprint density at radius 3 is 2.08 bits per heavy atom. The number of benzene rings is 1. The Morgan fingerprint density at radius 2 is 1.63 bits per heavy atom. The third kappa shape index (κ3) is 9.86. The van der Waals surface area contributed by atoms with Gasteiger partial charge in [0, 0.05) is 12.0 Å². The van der Waals surface area contributed by atoms with Gasteiger partial charge in [0.15, 0.2) is 5.12 Å². The van der Waals surface area contributed by atoms with Crippen LogP contribution in [-0.4, -0.2) is 41.9 Å². The van der Waals surface area contributed by atoms with Crippen LogP contribution in [0.3, 0.4) is 0 Å². The van der Waals surface area contributed by atoms with Crippen molar-refractivity contribution >= 4 is 49.3 Å².